The lowest BCUT2D eigenvalue weighted by molar-refractivity contribution is 0.576. The van der Waals surface area contributed by atoms with Gasteiger partial charge in [-0.15, -0.1) is 10.2 Å². The molecule has 0 amide bonds. The molecule has 130 valence electrons. The van der Waals surface area contributed by atoms with Crippen LogP contribution in [0.25, 0.3) is 0 Å². The lowest BCUT2D eigenvalue weighted by atomic mass is 10.1. The lowest BCUT2D eigenvalue weighted by Crippen LogP contribution is -2.42. The number of nitrogens with zero attached hydrogens (tertiary/aromatic N) is 4. The fraction of sp³-hybridized carbons (Fsp3) is 0.500. The number of guanidine groups is 1. The van der Waals surface area contributed by atoms with Crippen molar-refractivity contribution < 1.29 is 0 Å². The molecule has 0 aliphatic carbocycles. The number of aromatic nitrogens is 3. The third-order valence-electron chi connectivity index (χ3n) is 3.92. The molecule has 0 spiro atoms. The van der Waals surface area contributed by atoms with E-state index >= 15 is 0 Å². The van der Waals surface area contributed by atoms with E-state index in [1.165, 1.54) is 5.56 Å². The molecule has 1 atom stereocenters. The van der Waals surface area contributed by atoms with Crippen molar-refractivity contribution in [3.63, 3.8) is 0 Å². The van der Waals surface area contributed by atoms with E-state index < -0.39 is 0 Å². The molecule has 1 aromatic heterocycles. The SMILES string of the molecule is CN=C(NCCCCn1cnnc1)NC(C)CCc1ccccc1. The Balaban J connectivity index is 1.59. The maximum absolute atomic E-state index is 4.30. The largest absolute Gasteiger partial charge is 0.356 e. The van der Waals surface area contributed by atoms with Crippen molar-refractivity contribution in [2.45, 2.75) is 45.2 Å². The van der Waals surface area contributed by atoms with Gasteiger partial charge in [0.1, 0.15) is 12.7 Å². The Morgan fingerprint density at radius 1 is 1.17 bits per heavy atom. The minimum Gasteiger partial charge on any atom is -0.356 e. The van der Waals surface area contributed by atoms with Crippen LogP contribution in [0.5, 0.6) is 0 Å². The van der Waals surface area contributed by atoms with Gasteiger partial charge in [-0.25, -0.2) is 0 Å². The quantitative estimate of drug-likeness (QED) is 0.421. The minimum absolute atomic E-state index is 0.383. The number of hydrogen-bond donors (Lipinski definition) is 2. The molecule has 0 saturated carbocycles. The van der Waals surface area contributed by atoms with Gasteiger partial charge in [0.2, 0.25) is 0 Å². The molecular weight excluding hydrogens is 300 g/mol. The van der Waals surface area contributed by atoms with Gasteiger partial charge in [-0.3, -0.25) is 4.99 Å². The van der Waals surface area contributed by atoms with Gasteiger partial charge in [0, 0.05) is 26.2 Å². The van der Waals surface area contributed by atoms with Crippen LogP contribution in [-0.4, -0.2) is 40.4 Å². The van der Waals surface area contributed by atoms with Crippen molar-refractivity contribution in [3.8, 4) is 0 Å². The summed E-state index contributed by atoms with van der Waals surface area (Å²) in [6.07, 6.45) is 7.83. The Kier molecular flexibility index (Phi) is 7.80. The lowest BCUT2D eigenvalue weighted by Gasteiger charge is -2.18. The van der Waals surface area contributed by atoms with E-state index in [9.17, 15) is 0 Å². The molecule has 0 radical (unpaired) electrons. The van der Waals surface area contributed by atoms with Crippen molar-refractivity contribution in [1.29, 1.82) is 0 Å². The van der Waals surface area contributed by atoms with Crippen molar-refractivity contribution in [2.24, 2.45) is 4.99 Å². The van der Waals surface area contributed by atoms with E-state index in [2.05, 4.69) is 63.1 Å². The molecule has 1 unspecified atom stereocenters. The summed E-state index contributed by atoms with van der Waals surface area (Å²) in [7, 11) is 1.82. The Morgan fingerprint density at radius 3 is 2.62 bits per heavy atom. The predicted molar refractivity (Wildman–Crippen MR) is 98.0 cm³/mol. The van der Waals surface area contributed by atoms with Crippen LogP contribution in [0.15, 0.2) is 48.0 Å². The number of aliphatic imine (C=N–C) groups is 1. The first-order chi connectivity index (χ1) is 11.8. The van der Waals surface area contributed by atoms with Gasteiger partial charge in [-0.1, -0.05) is 30.3 Å². The van der Waals surface area contributed by atoms with Crippen molar-refractivity contribution in [3.05, 3.63) is 48.5 Å². The molecule has 6 nitrogen and oxygen atoms in total. The Bertz CT molecular complexity index is 579. The van der Waals surface area contributed by atoms with E-state index in [4.69, 9.17) is 0 Å². The highest BCUT2D eigenvalue weighted by Gasteiger charge is 2.05. The van der Waals surface area contributed by atoms with Crippen molar-refractivity contribution in [2.75, 3.05) is 13.6 Å². The van der Waals surface area contributed by atoms with E-state index in [1.54, 1.807) is 12.7 Å². The highest BCUT2D eigenvalue weighted by Crippen LogP contribution is 2.04. The monoisotopic (exact) mass is 328 g/mol. The van der Waals surface area contributed by atoms with E-state index in [0.29, 0.717) is 6.04 Å². The van der Waals surface area contributed by atoms with E-state index in [1.807, 2.05) is 11.6 Å². The number of benzene rings is 1. The Labute approximate surface area is 144 Å². The first-order valence-electron chi connectivity index (χ1n) is 8.61. The molecule has 1 aromatic carbocycles. The summed E-state index contributed by atoms with van der Waals surface area (Å²) in [6, 6.07) is 11.0. The maximum Gasteiger partial charge on any atom is 0.191 e. The normalized spacial score (nSPS) is 12.8. The summed E-state index contributed by atoms with van der Waals surface area (Å²) in [4.78, 5) is 4.30. The van der Waals surface area contributed by atoms with Gasteiger partial charge in [0.15, 0.2) is 5.96 Å². The van der Waals surface area contributed by atoms with Crippen LogP contribution in [-0.2, 0) is 13.0 Å². The zero-order chi connectivity index (χ0) is 17.0. The molecule has 2 N–H and O–H groups in total. The first-order valence-corrected chi connectivity index (χ1v) is 8.61. The number of unbranched alkanes of at least 4 members (excludes halogenated alkanes) is 1. The number of rotatable bonds is 9. The molecule has 2 aromatic rings. The summed E-state index contributed by atoms with van der Waals surface area (Å²) in [5.74, 6) is 0.875. The third kappa shape index (κ3) is 6.81. The fourth-order valence-corrected chi connectivity index (χ4v) is 2.49. The number of hydrogen-bond acceptors (Lipinski definition) is 3. The van der Waals surface area contributed by atoms with Crippen LogP contribution in [0.1, 0.15) is 31.7 Å². The summed E-state index contributed by atoms with van der Waals surface area (Å²) < 4.78 is 2.00. The second-order valence-electron chi connectivity index (χ2n) is 5.98. The Hall–Kier alpha value is -2.37. The maximum atomic E-state index is 4.30. The van der Waals surface area contributed by atoms with Gasteiger partial charge in [-0.2, -0.15) is 0 Å². The average molecular weight is 328 g/mol. The summed E-state index contributed by atoms with van der Waals surface area (Å²) in [6.45, 7) is 4.06. The predicted octanol–water partition coefficient (Wildman–Crippen LogP) is 2.24. The van der Waals surface area contributed by atoms with Gasteiger partial charge in [-0.05, 0) is 38.2 Å². The minimum atomic E-state index is 0.383. The van der Waals surface area contributed by atoms with Crippen LogP contribution in [0.2, 0.25) is 0 Å². The standard InChI is InChI=1S/C18H28N6/c1-16(10-11-17-8-4-3-5-9-17)23-18(19-2)20-12-6-7-13-24-14-21-22-15-24/h3-5,8-9,14-16H,6-7,10-13H2,1-2H3,(H2,19,20,23). The molecule has 1 heterocycles. The Morgan fingerprint density at radius 2 is 1.92 bits per heavy atom. The number of aryl methyl sites for hydroxylation is 2. The number of nitrogens with one attached hydrogen (secondary N) is 2. The van der Waals surface area contributed by atoms with Crippen LogP contribution >= 0.6 is 0 Å². The molecule has 24 heavy (non-hydrogen) atoms. The molecule has 0 fully saturated rings. The van der Waals surface area contributed by atoms with Crippen molar-refractivity contribution in [1.82, 2.24) is 25.4 Å². The summed E-state index contributed by atoms with van der Waals surface area (Å²) in [5.41, 5.74) is 1.38. The fourth-order valence-electron chi connectivity index (χ4n) is 2.49. The zero-order valence-electron chi connectivity index (χ0n) is 14.7. The van der Waals surface area contributed by atoms with E-state index in [0.717, 1.165) is 44.7 Å². The molecule has 0 aliphatic heterocycles. The topological polar surface area (TPSA) is 67.1 Å². The second-order valence-corrected chi connectivity index (χ2v) is 5.98. The zero-order valence-corrected chi connectivity index (χ0v) is 14.7. The van der Waals surface area contributed by atoms with E-state index in [-0.39, 0.29) is 0 Å². The molecule has 2 rings (SSSR count). The highest BCUT2D eigenvalue weighted by atomic mass is 15.2. The molecule has 0 saturated heterocycles. The van der Waals surface area contributed by atoms with Crippen LogP contribution in [0.3, 0.4) is 0 Å². The molecule has 6 heteroatoms. The second kappa shape index (κ2) is 10.4. The summed E-state index contributed by atoms with van der Waals surface area (Å²) in [5, 5.41) is 14.4. The molecular formula is C18H28N6. The van der Waals surface area contributed by atoms with Gasteiger partial charge in [0.05, 0.1) is 0 Å². The highest BCUT2D eigenvalue weighted by molar-refractivity contribution is 5.79. The molecule has 0 aliphatic rings. The van der Waals surface area contributed by atoms with Crippen molar-refractivity contribution >= 4 is 5.96 Å². The van der Waals surface area contributed by atoms with Crippen LogP contribution in [0.4, 0.5) is 0 Å². The van der Waals surface area contributed by atoms with Crippen LogP contribution in [0, 0.1) is 0 Å². The third-order valence-corrected chi connectivity index (χ3v) is 3.92. The van der Waals surface area contributed by atoms with Gasteiger partial charge >= 0.3 is 0 Å². The average Bonchev–Trinajstić information content (AvgIpc) is 3.13. The first kappa shape index (κ1) is 18.0. The smallest absolute Gasteiger partial charge is 0.191 e. The van der Waals surface area contributed by atoms with Crippen LogP contribution < -0.4 is 10.6 Å². The van der Waals surface area contributed by atoms with Gasteiger partial charge < -0.3 is 15.2 Å². The molecule has 0 bridgehead atoms. The summed E-state index contributed by atoms with van der Waals surface area (Å²) >= 11 is 0. The van der Waals surface area contributed by atoms with Gasteiger partial charge in [0.25, 0.3) is 0 Å².